The largest absolute Gasteiger partial charge is 0.364 e. The van der Waals surface area contributed by atoms with Gasteiger partial charge in [-0.1, -0.05) is 17.7 Å². The van der Waals surface area contributed by atoms with Gasteiger partial charge in [-0.15, -0.1) is 0 Å². The molecule has 0 bridgehead atoms. The second-order valence-corrected chi connectivity index (χ2v) is 6.94. The molecule has 1 saturated carbocycles. The lowest BCUT2D eigenvalue weighted by Gasteiger charge is -2.08. The summed E-state index contributed by atoms with van der Waals surface area (Å²) in [5.41, 5.74) is 5.11. The van der Waals surface area contributed by atoms with Gasteiger partial charge in [0.2, 0.25) is 0 Å². The third kappa shape index (κ3) is 2.53. The summed E-state index contributed by atoms with van der Waals surface area (Å²) in [6.45, 7) is 2.66. The van der Waals surface area contributed by atoms with Gasteiger partial charge in [-0.25, -0.2) is 9.97 Å². The Balaban J connectivity index is 1.48. The maximum absolute atomic E-state index is 6.23. The van der Waals surface area contributed by atoms with Crippen molar-refractivity contribution >= 4 is 28.7 Å². The van der Waals surface area contributed by atoms with Gasteiger partial charge >= 0.3 is 0 Å². The highest BCUT2D eigenvalue weighted by molar-refractivity contribution is 6.29. The highest BCUT2D eigenvalue weighted by Crippen LogP contribution is 2.42. The van der Waals surface area contributed by atoms with Crippen molar-refractivity contribution in [2.75, 3.05) is 5.32 Å². The SMILES string of the molecule is Cc1cccc2nc(CNc3cc(Cl)nc4c(C5CC5)cnn34)cn12. The molecule has 1 N–H and O–H groups in total. The second-order valence-electron chi connectivity index (χ2n) is 6.55. The minimum absolute atomic E-state index is 0.475. The zero-order chi connectivity index (χ0) is 17.0. The molecule has 0 aliphatic heterocycles. The molecule has 4 aromatic heterocycles. The molecule has 4 heterocycles. The highest BCUT2D eigenvalue weighted by Gasteiger charge is 2.28. The molecule has 126 valence electrons. The summed E-state index contributed by atoms with van der Waals surface area (Å²) in [5, 5.41) is 8.37. The monoisotopic (exact) mass is 352 g/mol. The number of hydrogen-bond donors (Lipinski definition) is 1. The molecule has 7 heteroatoms. The molecular formula is C18H17ClN6. The van der Waals surface area contributed by atoms with E-state index in [1.165, 1.54) is 18.4 Å². The van der Waals surface area contributed by atoms with E-state index in [0.717, 1.165) is 28.5 Å². The van der Waals surface area contributed by atoms with Crippen molar-refractivity contribution in [3.63, 3.8) is 0 Å². The first-order chi connectivity index (χ1) is 12.2. The lowest BCUT2D eigenvalue weighted by atomic mass is 10.2. The first-order valence-electron chi connectivity index (χ1n) is 8.41. The summed E-state index contributed by atoms with van der Waals surface area (Å²) >= 11 is 6.23. The highest BCUT2D eigenvalue weighted by atomic mass is 35.5. The Labute approximate surface area is 149 Å². The smallest absolute Gasteiger partial charge is 0.162 e. The quantitative estimate of drug-likeness (QED) is 0.567. The Morgan fingerprint density at radius 3 is 2.96 bits per heavy atom. The van der Waals surface area contributed by atoms with E-state index in [1.807, 2.05) is 22.8 Å². The maximum Gasteiger partial charge on any atom is 0.162 e. The summed E-state index contributed by atoms with van der Waals surface area (Å²) in [5.74, 6) is 1.41. The van der Waals surface area contributed by atoms with Gasteiger partial charge in [0.1, 0.15) is 16.6 Å². The van der Waals surface area contributed by atoms with Crippen LogP contribution in [0.2, 0.25) is 5.15 Å². The van der Waals surface area contributed by atoms with Crippen molar-refractivity contribution < 1.29 is 0 Å². The van der Waals surface area contributed by atoms with Gasteiger partial charge < -0.3 is 9.72 Å². The van der Waals surface area contributed by atoms with Crippen LogP contribution >= 0.6 is 11.6 Å². The Morgan fingerprint density at radius 1 is 1.28 bits per heavy atom. The van der Waals surface area contributed by atoms with E-state index in [1.54, 1.807) is 6.07 Å². The average Bonchev–Trinajstić information content (AvgIpc) is 3.20. The first-order valence-corrected chi connectivity index (χ1v) is 8.78. The van der Waals surface area contributed by atoms with Crippen LogP contribution in [0.15, 0.2) is 36.7 Å². The molecule has 0 unspecified atom stereocenters. The number of rotatable bonds is 4. The number of hydrogen-bond acceptors (Lipinski definition) is 4. The molecule has 5 rings (SSSR count). The van der Waals surface area contributed by atoms with Gasteiger partial charge in [0.25, 0.3) is 0 Å². The molecule has 4 aromatic rings. The lowest BCUT2D eigenvalue weighted by molar-refractivity contribution is 0.919. The van der Waals surface area contributed by atoms with Gasteiger partial charge in [0.05, 0.1) is 18.4 Å². The Morgan fingerprint density at radius 2 is 2.16 bits per heavy atom. The Kier molecular flexibility index (Phi) is 3.21. The molecule has 1 aliphatic rings. The molecule has 1 aliphatic carbocycles. The first kappa shape index (κ1) is 14.7. The van der Waals surface area contributed by atoms with Crippen LogP contribution in [0.25, 0.3) is 11.3 Å². The van der Waals surface area contributed by atoms with Crippen molar-refractivity contribution in [3.05, 3.63) is 58.8 Å². The number of anilines is 1. The number of aromatic nitrogens is 5. The molecule has 0 amide bonds. The van der Waals surface area contributed by atoms with Crippen molar-refractivity contribution in [1.29, 1.82) is 0 Å². The summed E-state index contributed by atoms with van der Waals surface area (Å²) in [7, 11) is 0. The lowest BCUT2D eigenvalue weighted by Crippen LogP contribution is -2.06. The van der Waals surface area contributed by atoms with E-state index >= 15 is 0 Å². The molecule has 1 fully saturated rings. The van der Waals surface area contributed by atoms with Crippen molar-refractivity contribution in [3.8, 4) is 0 Å². The van der Waals surface area contributed by atoms with Gasteiger partial charge in [0, 0.05) is 23.5 Å². The van der Waals surface area contributed by atoms with Crippen LogP contribution in [0.1, 0.15) is 35.7 Å². The van der Waals surface area contributed by atoms with Gasteiger partial charge in [0.15, 0.2) is 5.65 Å². The van der Waals surface area contributed by atoms with Crippen molar-refractivity contribution in [2.45, 2.75) is 32.2 Å². The number of nitrogens with one attached hydrogen (secondary N) is 1. The summed E-state index contributed by atoms with van der Waals surface area (Å²) in [6.07, 6.45) is 6.38. The van der Waals surface area contributed by atoms with Gasteiger partial charge in [-0.3, -0.25) is 0 Å². The second kappa shape index (κ2) is 5.46. The fraction of sp³-hybridized carbons (Fsp3) is 0.278. The third-order valence-electron chi connectivity index (χ3n) is 4.68. The number of halogens is 1. The van der Waals surface area contributed by atoms with Crippen LogP contribution in [0, 0.1) is 6.92 Å². The maximum atomic E-state index is 6.23. The van der Waals surface area contributed by atoms with E-state index in [9.17, 15) is 0 Å². The molecule has 0 radical (unpaired) electrons. The molecule has 0 aromatic carbocycles. The summed E-state index contributed by atoms with van der Waals surface area (Å²) in [6, 6.07) is 7.90. The third-order valence-corrected chi connectivity index (χ3v) is 4.88. The van der Waals surface area contributed by atoms with Crippen LogP contribution in [-0.2, 0) is 6.54 Å². The summed E-state index contributed by atoms with van der Waals surface area (Å²) in [4.78, 5) is 9.12. The van der Waals surface area contributed by atoms with Gasteiger partial charge in [-0.2, -0.15) is 9.61 Å². The van der Waals surface area contributed by atoms with E-state index in [2.05, 4.69) is 44.0 Å². The van der Waals surface area contributed by atoms with Crippen LogP contribution in [0.5, 0.6) is 0 Å². The number of aryl methyl sites for hydroxylation is 1. The van der Waals surface area contributed by atoms with Crippen molar-refractivity contribution in [2.24, 2.45) is 0 Å². The van der Waals surface area contributed by atoms with E-state index in [4.69, 9.17) is 11.6 Å². The topological polar surface area (TPSA) is 59.5 Å². The van der Waals surface area contributed by atoms with Gasteiger partial charge in [-0.05, 0) is 37.8 Å². The van der Waals surface area contributed by atoms with Crippen LogP contribution in [0.4, 0.5) is 5.82 Å². The molecule has 0 spiro atoms. The normalized spacial score (nSPS) is 14.5. The number of nitrogens with zero attached hydrogens (tertiary/aromatic N) is 5. The predicted molar refractivity (Wildman–Crippen MR) is 97.2 cm³/mol. The van der Waals surface area contributed by atoms with E-state index in [-0.39, 0.29) is 0 Å². The standard InChI is InChI=1S/C18H17ClN6/c1-11-3-2-4-16-22-13(10-24(11)16)8-20-17-7-15(19)23-18-14(12-5-6-12)9-21-25(17)18/h2-4,7,9-10,12,20H,5-6,8H2,1H3. The molecule has 0 atom stereocenters. The van der Waals surface area contributed by atoms with Crippen LogP contribution < -0.4 is 5.32 Å². The fourth-order valence-corrected chi connectivity index (χ4v) is 3.41. The van der Waals surface area contributed by atoms with E-state index in [0.29, 0.717) is 17.6 Å². The Bertz CT molecular complexity index is 1090. The minimum atomic E-state index is 0.475. The molecular weight excluding hydrogens is 336 g/mol. The zero-order valence-corrected chi connectivity index (χ0v) is 14.5. The van der Waals surface area contributed by atoms with Crippen LogP contribution in [-0.4, -0.2) is 24.0 Å². The molecule has 0 saturated heterocycles. The Hall–Kier alpha value is -2.60. The van der Waals surface area contributed by atoms with E-state index < -0.39 is 0 Å². The average molecular weight is 353 g/mol. The zero-order valence-electron chi connectivity index (χ0n) is 13.8. The number of fused-ring (bicyclic) bond motifs is 2. The number of pyridine rings is 1. The molecule has 6 nitrogen and oxygen atoms in total. The fourth-order valence-electron chi connectivity index (χ4n) is 3.22. The molecule has 25 heavy (non-hydrogen) atoms. The predicted octanol–water partition coefficient (Wildman–Crippen LogP) is 3.83. The minimum Gasteiger partial charge on any atom is -0.364 e. The number of imidazole rings is 1. The van der Waals surface area contributed by atoms with Crippen molar-refractivity contribution in [1.82, 2.24) is 24.0 Å². The van der Waals surface area contributed by atoms with Crippen LogP contribution in [0.3, 0.4) is 0 Å². The summed E-state index contributed by atoms with van der Waals surface area (Å²) < 4.78 is 3.92.